The number of halogens is 1. The van der Waals surface area contributed by atoms with Crippen molar-refractivity contribution in [1.82, 2.24) is 4.31 Å². The third kappa shape index (κ3) is 3.70. The quantitative estimate of drug-likeness (QED) is 0.823. The van der Waals surface area contributed by atoms with E-state index in [0.717, 1.165) is 0 Å². The van der Waals surface area contributed by atoms with Crippen LogP contribution in [-0.4, -0.2) is 37.7 Å². The summed E-state index contributed by atoms with van der Waals surface area (Å²) in [5.74, 6) is -1.25. The van der Waals surface area contributed by atoms with E-state index in [1.165, 1.54) is 49.6 Å². The van der Waals surface area contributed by atoms with Crippen molar-refractivity contribution in [3.05, 3.63) is 53.8 Å². The summed E-state index contributed by atoms with van der Waals surface area (Å²) in [7, 11) is -2.75. The number of methoxy groups -OCH3 is 1. The number of nitrogens with zero attached hydrogens (tertiary/aromatic N) is 1. The van der Waals surface area contributed by atoms with Gasteiger partial charge in [0.15, 0.2) is 0 Å². The summed E-state index contributed by atoms with van der Waals surface area (Å²) in [5, 5.41) is 2.53. The molecule has 148 valence electrons. The van der Waals surface area contributed by atoms with Crippen LogP contribution < -0.4 is 10.1 Å². The number of carbonyl (C=O) groups is 2. The molecule has 28 heavy (non-hydrogen) atoms. The molecule has 1 N–H and O–H groups in total. The lowest BCUT2D eigenvalue weighted by Crippen LogP contribution is -2.45. The Kier molecular flexibility index (Phi) is 5.37. The molecule has 2 aromatic rings. The van der Waals surface area contributed by atoms with Crippen molar-refractivity contribution in [2.75, 3.05) is 12.4 Å². The average molecular weight is 406 g/mol. The summed E-state index contributed by atoms with van der Waals surface area (Å²) in [6, 6.07) is 8.11. The van der Waals surface area contributed by atoms with Crippen LogP contribution in [0.3, 0.4) is 0 Å². The number of nitrogens with one attached hydrogen (secondary N) is 1. The van der Waals surface area contributed by atoms with Crippen LogP contribution in [0.2, 0.25) is 0 Å². The largest absolute Gasteiger partial charge is 0.496 e. The van der Waals surface area contributed by atoms with Crippen LogP contribution in [0.4, 0.5) is 10.1 Å². The van der Waals surface area contributed by atoms with Crippen molar-refractivity contribution >= 4 is 27.5 Å². The maximum atomic E-state index is 13.0. The van der Waals surface area contributed by atoms with Crippen LogP contribution in [0.15, 0.2) is 47.4 Å². The molecule has 1 atom stereocenters. The molecule has 1 saturated heterocycles. The molecule has 9 heteroatoms. The Hall–Kier alpha value is -2.94. The van der Waals surface area contributed by atoms with E-state index in [4.69, 9.17) is 4.74 Å². The fourth-order valence-corrected chi connectivity index (χ4v) is 4.77. The highest BCUT2D eigenvalue weighted by Gasteiger charge is 2.44. The maximum Gasteiger partial charge on any atom is 0.267 e. The summed E-state index contributed by atoms with van der Waals surface area (Å²) in [4.78, 5) is 24.8. The molecule has 2 aromatic carbocycles. The number of sulfonamides is 1. The first-order valence-corrected chi connectivity index (χ1v) is 9.96. The third-order valence-electron chi connectivity index (χ3n) is 4.50. The SMILES string of the molecule is COc1ccc(S(=O)(=O)N2C(=O)CC[C@H]2C(=O)Nc2ccc(F)cc2)cc1C. The smallest absolute Gasteiger partial charge is 0.267 e. The van der Waals surface area contributed by atoms with Gasteiger partial charge in [0.25, 0.3) is 10.0 Å². The molecule has 1 aliphatic rings. The van der Waals surface area contributed by atoms with E-state index in [2.05, 4.69) is 5.32 Å². The number of aryl methyl sites for hydroxylation is 1. The molecule has 7 nitrogen and oxygen atoms in total. The number of carbonyl (C=O) groups excluding carboxylic acids is 2. The molecular weight excluding hydrogens is 387 g/mol. The van der Waals surface area contributed by atoms with Gasteiger partial charge < -0.3 is 10.1 Å². The minimum Gasteiger partial charge on any atom is -0.496 e. The first kappa shape index (κ1) is 19.8. The molecule has 1 aliphatic heterocycles. The Morgan fingerprint density at radius 2 is 1.89 bits per heavy atom. The molecule has 0 unspecified atom stereocenters. The van der Waals surface area contributed by atoms with Gasteiger partial charge in [0.05, 0.1) is 12.0 Å². The van der Waals surface area contributed by atoms with Crippen molar-refractivity contribution < 1.29 is 27.1 Å². The number of hydrogen-bond donors (Lipinski definition) is 1. The lowest BCUT2D eigenvalue weighted by atomic mass is 10.2. The third-order valence-corrected chi connectivity index (χ3v) is 6.32. The fourth-order valence-electron chi connectivity index (χ4n) is 3.08. The normalized spacial score (nSPS) is 16.9. The van der Waals surface area contributed by atoms with Gasteiger partial charge in [-0.25, -0.2) is 17.1 Å². The first-order chi connectivity index (χ1) is 13.2. The van der Waals surface area contributed by atoms with Crippen molar-refractivity contribution in [2.45, 2.75) is 30.7 Å². The number of amides is 2. The van der Waals surface area contributed by atoms with Crippen LogP contribution in [0.1, 0.15) is 18.4 Å². The van der Waals surface area contributed by atoms with Gasteiger partial charge in [-0.2, -0.15) is 0 Å². The summed E-state index contributed by atoms with van der Waals surface area (Å²) in [6.45, 7) is 1.68. The van der Waals surface area contributed by atoms with Crippen LogP contribution in [0, 0.1) is 12.7 Å². The lowest BCUT2D eigenvalue weighted by Gasteiger charge is -2.24. The van der Waals surface area contributed by atoms with E-state index in [1.807, 2.05) is 0 Å². The van der Waals surface area contributed by atoms with Crippen LogP contribution >= 0.6 is 0 Å². The molecule has 0 bridgehead atoms. The van der Waals surface area contributed by atoms with E-state index in [1.54, 1.807) is 6.92 Å². The molecule has 1 heterocycles. The van der Waals surface area contributed by atoms with E-state index in [9.17, 15) is 22.4 Å². The first-order valence-electron chi connectivity index (χ1n) is 8.52. The second-order valence-electron chi connectivity index (χ2n) is 6.38. The molecule has 0 saturated carbocycles. The number of benzene rings is 2. The molecule has 0 aromatic heterocycles. The van der Waals surface area contributed by atoms with Crippen molar-refractivity contribution in [3.63, 3.8) is 0 Å². The van der Waals surface area contributed by atoms with Gasteiger partial charge in [-0.1, -0.05) is 0 Å². The molecule has 0 aliphatic carbocycles. The molecular formula is C19H19FN2O5S. The zero-order valence-electron chi connectivity index (χ0n) is 15.3. The standard InChI is InChI=1S/C19H19FN2O5S/c1-12-11-15(7-9-17(12)27-2)28(25,26)22-16(8-10-18(22)23)19(24)21-14-5-3-13(20)4-6-14/h3-7,9,11,16H,8,10H2,1-2H3,(H,21,24)/t16-/m0/s1. The monoisotopic (exact) mass is 406 g/mol. The van der Waals surface area contributed by atoms with Crippen LogP contribution in [-0.2, 0) is 19.6 Å². The lowest BCUT2D eigenvalue weighted by molar-refractivity contribution is -0.128. The Morgan fingerprint density at radius 1 is 1.21 bits per heavy atom. The highest BCUT2D eigenvalue weighted by Crippen LogP contribution is 2.30. The predicted molar refractivity (Wildman–Crippen MR) is 99.8 cm³/mol. The highest BCUT2D eigenvalue weighted by molar-refractivity contribution is 7.89. The van der Waals surface area contributed by atoms with Crippen molar-refractivity contribution in [3.8, 4) is 5.75 Å². The Balaban J connectivity index is 1.89. The number of ether oxygens (including phenoxy) is 1. The van der Waals surface area contributed by atoms with E-state index in [0.29, 0.717) is 21.3 Å². The van der Waals surface area contributed by atoms with Gasteiger partial charge in [0, 0.05) is 12.1 Å². The Bertz CT molecular complexity index is 1020. The maximum absolute atomic E-state index is 13.0. The average Bonchev–Trinajstić information content (AvgIpc) is 3.06. The minimum absolute atomic E-state index is 0.0597. The minimum atomic E-state index is -4.22. The zero-order valence-corrected chi connectivity index (χ0v) is 16.1. The summed E-state index contributed by atoms with van der Waals surface area (Å²) in [5.41, 5.74) is 0.894. The summed E-state index contributed by atoms with van der Waals surface area (Å²) < 4.78 is 44.9. The summed E-state index contributed by atoms with van der Waals surface area (Å²) in [6.07, 6.45) is 0.0100. The highest BCUT2D eigenvalue weighted by atomic mass is 32.2. The fraction of sp³-hybridized carbons (Fsp3) is 0.263. The van der Waals surface area contributed by atoms with Gasteiger partial charge in [0.1, 0.15) is 17.6 Å². The van der Waals surface area contributed by atoms with E-state index in [-0.39, 0.29) is 17.7 Å². The molecule has 3 rings (SSSR count). The van der Waals surface area contributed by atoms with E-state index < -0.39 is 33.7 Å². The van der Waals surface area contributed by atoms with Gasteiger partial charge in [0.2, 0.25) is 11.8 Å². The van der Waals surface area contributed by atoms with Crippen LogP contribution in [0.5, 0.6) is 5.75 Å². The van der Waals surface area contributed by atoms with Gasteiger partial charge in [-0.15, -0.1) is 0 Å². The Labute approximate surface area is 162 Å². The molecule has 2 amide bonds. The van der Waals surface area contributed by atoms with E-state index >= 15 is 0 Å². The number of hydrogen-bond acceptors (Lipinski definition) is 5. The van der Waals surface area contributed by atoms with Gasteiger partial charge >= 0.3 is 0 Å². The van der Waals surface area contributed by atoms with Crippen molar-refractivity contribution in [2.24, 2.45) is 0 Å². The summed E-state index contributed by atoms with van der Waals surface area (Å²) >= 11 is 0. The predicted octanol–water partition coefficient (Wildman–Crippen LogP) is 2.46. The molecule has 0 spiro atoms. The second-order valence-corrected chi connectivity index (χ2v) is 8.19. The number of anilines is 1. The van der Waals surface area contributed by atoms with Crippen LogP contribution in [0.25, 0.3) is 0 Å². The van der Waals surface area contributed by atoms with Gasteiger partial charge in [-0.3, -0.25) is 9.59 Å². The van der Waals surface area contributed by atoms with Gasteiger partial charge in [-0.05, 0) is 61.4 Å². The second kappa shape index (κ2) is 7.59. The number of rotatable bonds is 5. The topological polar surface area (TPSA) is 92.8 Å². The Morgan fingerprint density at radius 3 is 2.50 bits per heavy atom. The molecule has 1 fully saturated rings. The van der Waals surface area contributed by atoms with Crippen molar-refractivity contribution in [1.29, 1.82) is 0 Å². The zero-order chi connectivity index (χ0) is 20.5. The molecule has 0 radical (unpaired) electrons.